The molecule has 0 aromatic heterocycles. The van der Waals surface area contributed by atoms with E-state index in [1.165, 1.54) is 18.6 Å². The molecule has 0 amide bonds. The fourth-order valence-electron chi connectivity index (χ4n) is 1.36. The molecule has 1 heterocycles. The summed E-state index contributed by atoms with van der Waals surface area (Å²) < 4.78 is 0. The minimum absolute atomic E-state index is 0.421. The van der Waals surface area contributed by atoms with Crippen molar-refractivity contribution in [3.8, 4) is 0 Å². The first kappa shape index (κ1) is 8.57. The van der Waals surface area contributed by atoms with Crippen LogP contribution >= 0.6 is 0 Å². The quantitative estimate of drug-likeness (QED) is 0.568. The molecule has 0 saturated carbocycles. The molecule has 0 aromatic carbocycles. The predicted molar refractivity (Wildman–Crippen MR) is 48.7 cm³/mol. The lowest BCUT2D eigenvalue weighted by molar-refractivity contribution is 0.306. The molecule has 0 spiro atoms. The number of hydrazone groups is 1. The van der Waals surface area contributed by atoms with Gasteiger partial charge in [0.1, 0.15) is 0 Å². The van der Waals surface area contributed by atoms with E-state index < -0.39 is 0 Å². The van der Waals surface area contributed by atoms with Crippen LogP contribution in [0.25, 0.3) is 0 Å². The summed E-state index contributed by atoms with van der Waals surface area (Å²) in [6.45, 7) is 7.67. The minimum atomic E-state index is 0.421. The second-order valence-electron chi connectivity index (χ2n) is 4.20. The van der Waals surface area contributed by atoms with Gasteiger partial charge in [0.05, 0.1) is 0 Å². The van der Waals surface area contributed by atoms with Crippen LogP contribution in [0.5, 0.6) is 0 Å². The topological polar surface area (TPSA) is 24.4 Å². The molecular formula is C9H18N2. The largest absolute Gasteiger partial charge is 0.310 e. The van der Waals surface area contributed by atoms with Gasteiger partial charge in [0, 0.05) is 12.3 Å². The molecule has 0 aromatic rings. The Kier molecular flexibility index (Phi) is 2.53. The van der Waals surface area contributed by atoms with Crippen LogP contribution < -0.4 is 5.43 Å². The van der Waals surface area contributed by atoms with E-state index in [1.807, 2.05) is 0 Å². The van der Waals surface area contributed by atoms with Gasteiger partial charge in [-0.25, -0.2) is 0 Å². The lowest BCUT2D eigenvalue weighted by Crippen LogP contribution is -2.28. The fourth-order valence-corrected chi connectivity index (χ4v) is 1.36. The zero-order valence-corrected chi connectivity index (χ0v) is 7.78. The van der Waals surface area contributed by atoms with Crippen LogP contribution in [0.15, 0.2) is 5.10 Å². The Morgan fingerprint density at radius 2 is 2.18 bits per heavy atom. The summed E-state index contributed by atoms with van der Waals surface area (Å²) in [7, 11) is 0. The number of nitrogens with zero attached hydrogens (tertiary/aromatic N) is 1. The molecule has 0 unspecified atom stereocenters. The zero-order valence-electron chi connectivity index (χ0n) is 7.78. The Morgan fingerprint density at radius 1 is 1.45 bits per heavy atom. The lowest BCUT2D eigenvalue weighted by Gasteiger charge is -2.25. The van der Waals surface area contributed by atoms with E-state index >= 15 is 0 Å². The van der Waals surface area contributed by atoms with Crippen LogP contribution in [-0.4, -0.2) is 12.3 Å². The Morgan fingerprint density at radius 3 is 2.91 bits per heavy atom. The Hall–Kier alpha value is -0.530. The molecule has 11 heavy (non-hydrogen) atoms. The first-order valence-corrected chi connectivity index (χ1v) is 4.36. The van der Waals surface area contributed by atoms with Crippen molar-refractivity contribution in [2.24, 2.45) is 10.5 Å². The van der Waals surface area contributed by atoms with Gasteiger partial charge < -0.3 is 5.43 Å². The van der Waals surface area contributed by atoms with Crippen LogP contribution in [0.3, 0.4) is 0 Å². The van der Waals surface area contributed by atoms with E-state index in [-0.39, 0.29) is 0 Å². The zero-order chi connectivity index (χ0) is 8.32. The summed E-state index contributed by atoms with van der Waals surface area (Å²) in [4.78, 5) is 0. The lowest BCUT2D eigenvalue weighted by atomic mass is 9.86. The van der Waals surface area contributed by atoms with Gasteiger partial charge in [-0.3, -0.25) is 0 Å². The molecule has 1 rings (SSSR count). The number of hydrogen-bond acceptors (Lipinski definition) is 2. The van der Waals surface area contributed by atoms with Crippen molar-refractivity contribution in [1.82, 2.24) is 5.43 Å². The minimum Gasteiger partial charge on any atom is -0.310 e. The summed E-state index contributed by atoms with van der Waals surface area (Å²) in [6, 6.07) is 0. The van der Waals surface area contributed by atoms with Crippen molar-refractivity contribution >= 4 is 5.71 Å². The SMILES string of the molecule is CC1=NNCC(C)(C)CCC1. The van der Waals surface area contributed by atoms with E-state index in [2.05, 4.69) is 31.3 Å². The van der Waals surface area contributed by atoms with E-state index in [0.29, 0.717) is 5.41 Å². The standard InChI is InChI=1S/C9H18N2/c1-8-5-4-6-9(2,3)7-10-11-8/h10H,4-7H2,1-3H3. The van der Waals surface area contributed by atoms with Crippen LogP contribution in [-0.2, 0) is 0 Å². The maximum Gasteiger partial charge on any atom is 0.0380 e. The molecule has 0 bridgehead atoms. The molecule has 0 radical (unpaired) electrons. The summed E-state index contributed by atoms with van der Waals surface area (Å²) >= 11 is 0. The molecule has 64 valence electrons. The molecule has 0 atom stereocenters. The molecule has 1 aliphatic heterocycles. The average molecular weight is 154 g/mol. The number of nitrogens with one attached hydrogen (secondary N) is 1. The molecular weight excluding hydrogens is 136 g/mol. The monoisotopic (exact) mass is 154 g/mol. The summed E-state index contributed by atoms with van der Waals surface area (Å²) in [5.74, 6) is 0. The molecule has 0 fully saturated rings. The van der Waals surface area contributed by atoms with Crippen LogP contribution in [0, 0.1) is 5.41 Å². The van der Waals surface area contributed by atoms with Gasteiger partial charge in [-0.15, -0.1) is 0 Å². The second-order valence-corrected chi connectivity index (χ2v) is 4.20. The fraction of sp³-hybridized carbons (Fsp3) is 0.889. The highest BCUT2D eigenvalue weighted by Gasteiger charge is 2.18. The van der Waals surface area contributed by atoms with Crippen LogP contribution in [0.2, 0.25) is 0 Å². The summed E-state index contributed by atoms with van der Waals surface area (Å²) in [5.41, 5.74) is 4.77. The van der Waals surface area contributed by atoms with Crippen molar-refractivity contribution < 1.29 is 0 Å². The van der Waals surface area contributed by atoms with Crippen LogP contribution in [0.1, 0.15) is 40.0 Å². The van der Waals surface area contributed by atoms with Gasteiger partial charge in [-0.05, 0) is 31.6 Å². The average Bonchev–Trinajstić information content (AvgIpc) is 1.83. The highest BCUT2D eigenvalue weighted by atomic mass is 15.3. The predicted octanol–water partition coefficient (Wildman–Crippen LogP) is 2.16. The van der Waals surface area contributed by atoms with E-state index in [1.54, 1.807) is 0 Å². The van der Waals surface area contributed by atoms with Gasteiger partial charge >= 0.3 is 0 Å². The maximum atomic E-state index is 4.25. The number of rotatable bonds is 0. The van der Waals surface area contributed by atoms with Gasteiger partial charge in [0.25, 0.3) is 0 Å². The van der Waals surface area contributed by atoms with E-state index in [9.17, 15) is 0 Å². The van der Waals surface area contributed by atoms with Gasteiger partial charge in [-0.1, -0.05) is 13.8 Å². The summed E-state index contributed by atoms with van der Waals surface area (Å²) in [5, 5.41) is 4.25. The van der Waals surface area contributed by atoms with Crippen molar-refractivity contribution in [2.75, 3.05) is 6.54 Å². The van der Waals surface area contributed by atoms with Crippen molar-refractivity contribution in [3.63, 3.8) is 0 Å². The normalized spacial score (nSPS) is 24.5. The third kappa shape index (κ3) is 2.91. The Balaban J connectivity index is 2.50. The Labute approximate surface area is 69.1 Å². The van der Waals surface area contributed by atoms with Gasteiger partial charge in [0.15, 0.2) is 0 Å². The highest BCUT2D eigenvalue weighted by Crippen LogP contribution is 2.23. The molecule has 0 aliphatic carbocycles. The maximum absolute atomic E-state index is 4.25. The first-order chi connectivity index (χ1) is 5.10. The smallest absolute Gasteiger partial charge is 0.0380 e. The van der Waals surface area contributed by atoms with Crippen molar-refractivity contribution in [2.45, 2.75) is 40.0 Å². The molecule has 0 saturated heterocycles. The molecule has 1 N–H and O–H groups in total. The Bertz CT molecular complexity index is 159. The summed E-state index contributed by atoms with van der Waals surface area (Å²) in [6.07, 6.45) is 3.73. The van der Waals surface area contributed by atoms with E-state index in [0.717, 1.165) is 13.0 Å². The van der Waals surface area contributed by atoms with E-state index in [4.69, 9.17) is 0 Å². The molecule has 1 aliphatic rings. The molecule has 2 heteroatoms. The first-order valence-electron chi connectivity index (χ1n) is 4.36. The highest BCUT2D eigenvalue weighted by molar-refractivity contribution is 5.81. The third-order valence-corrected chi connectivity index (χ3v) is 2.22. The van der Waals surface area contributed by atoms with Gasteiger partial charge in [0.2, 0.25) is 0 Å². The number of hydrogen-bond donors (Lipinski definition) is 1. The molecule has 2 nitrogen and oxygen atoms in total. The van der Waals surface area contributed by atoms with Crippen LogP contribution in [0.4, 0.5) is 0 Å². The second kappa shape index (κ2) is 3.24. The third-order valence-electron chi connectivity index (χ3n) is 2.22. The van der Waals surface area contributed by atoms with Gasteiger partial charge in [-0.2, -0.15) is 5.10 Å². The van der Waals surface area contributed by atoms with Crippen molar-refractivity contribution in [3.05, 3.63) is 0 Å². The van der Waals surface area contributed by atoms with Crippen molar-refractivity contribution in [1.29, 1.82) is 0 Å².